The van der Waals surface area contributed by atoms with Gasteiger partial charge in [0.25, 0.3) is 0 Å². The van der Waals surface area contributed by atoms with Crippen LogP contribution in [0, 0.1) is 0 Å². The molecule has 2 aliphatic rings. The maximum absolute atomic E-state index is 5.32. The van der Waals surface area contributed by atoms with E-state index in [1.807, 2.05) is 0 Å². The van der Waals surface area contributed by atoms with E-state index < -0.39 is 0 Å². The lowest BCUT2D eigenvalue weighted by Crippen LogP contribution is -2.14. The Hall–Kier alpha value is -4.75. The smallest absolute Gasteiger partial charge is 0.0967 e. The molecule has 1 heterocycles. The molecule has 1 unspecified atom stereocenters. The molecule has 0 fully saturated rings. The topological polar surface area (TPSA) is 12.4 Å². The zero-order chi connectivity index (χ0) is 28.0. The lowest BCUT2D eigenvalue weighted by atomic mass is 9.82. The minimum Gasteiger partial charge on any atom is -0.272 e. The van der Waals surface area contributed by atoms with Crippen LogP contribution in [-0.4, -0.2) is 5.71 Å². The monoisotopic (exact) mass is 527 g/mol. The van der Waals surface area contributed by atoms with Gasteiger partial charge in [0.2, 0.25) is 0 Å². The molecule has 1 aliphatic carbocycles. The molecule has 5 aromatic carbocycles. The van der Waals surface area contributed by atoms with E-state index in [2.05, 4.69) is 154 Å². The highest BCUT2D eigenvalue weighted by molar-refractivity contribution is 6.13. The van der Waals surface area contributed by atoms with Crippen molar-refractivity contribution in [3.05, 3.63) is 173 Å². The molecule has 0 radical (unpaired) electrons. The van der Waals surface area contributed by atoms with Gasteiger partial charge in [-0.05, 0) is 73.7 Å². The zero-order valence-electron chi connectivity index (χ0n) is 23.6. The molecule has 1 atom stereocenters. The average molecular weight is 528 g/mol. The van der Waals surface area contributed by atoms with E-state index >= 15 is 0 Å². The van der Waals surface area contributed by atoms with Crippen LogP contribution in [0.25, 0.3) is 27.8 Å². The molecular formula is C40H33N. The van der Waals surface area contributed by atoms with Gasteiger partial charge in [0.1, 0.15) is 0 Å². The molecule has 41 heavy (non-hydrogen) atoms. The third-order valence-corrected chi connectivity index (χ3v) is 8.74. The van der Waals surface area contributed by atoms with Crippen molar-refractivity contribution < 1.29 is 0 Å². The lowest BCUT2D eigenvalue weighted by Gasteiger charge is -2.21. The molecule has 1 nitrogen and oxygen atoms in total. The Morgan fingerprint density at radius 2 is 1.22 bits per heavy atom. The Morgan fingerprint density at radius 1 is 0.610 bits per heavy atom. The van der Waals surface area contributed by atoms with Crippen LogP contribution in [0.15, 0.2) is 151 Å². The van der Waals surface area contributed by atoms with Gasteiger partial charge in [-0.25, -0.2) is 0 Å². The summed E-state index contributed by atoms with van der Waals surface area (Å²) in [5, 5.41) is 0. The molecule has 1 heteroatoms. The second-order valence-corrected chi connectivity index (χ2v) is 11.7. The predicted octanol–water partition coefficient (Wildman–Crippen LogP) is 10.2. The molecule has 0 saturated carbocycles. The third kappa shape index (κ3) is 4.39. The fourth-order valence-corrected chi connectivity index (χ4v) is 6.58. The van der Waals surface area contributed by atoms with Crippen LogP contribution in [0.5, 0.6) is 0 Å². The number of fused-ring (bicyclic) bond motifs is 3. The Labute approximate surface area is 243 Å². The third-order valence-electron chi connectivity index (χ3n) is 8.74. The van der Waals surface area contributed by atoms with Gasteiger partial charge in [0.05, 0.1) is 11.8 Å². The van der Waals surface area contributed by atoms with Gasteiger partial charge < -0.3 is 0 Å². The molecule has 5 aromatic rings. The lowest BCUT2D eigenvalue weighted by molar-refractivity contribution is 0.660. The SMILES string of the molecule is C=C1CC(c2ccccc2)=CC(c2ccc(-c3cccc4c3-c3ccccc3C4(C)C)cc2)=NC1c1ccccc1. The minimum atomic E-state index is -0.0838. The van der Waals surface area contributed by atoms with Crippen LogP contribution >= 0.6 is 0 Å². The Balaban J connectivity index is 1.32. The quantitative estimate of drug-likeness (QED) is 0.206. The van der Waals surface area contributed by atoms with Gasteiger partial charge in [-0.2, -0.15) is 0 Å². The van der Waals surface area contributed by atoms with Gasteiger partial charge in [0.15, 0.2) is 0 Å². The molecule has 0 bridgehead atoms. The van der Waals surface area contributed by atoms with E-state index in [-0.39, 0.29) is 11.5 Å². The van der Waals surface area contributed by atoms with E-state index in [9.17, 15) is 0 Å². The first-order chi connectivity index (χ1) is 20.0. The highest BCUT2D eigenvalue weighted by Gasteiger charge is 2.36. The summed E-state index contributed by atoms with van der Waals surface area (Å²) < 4.78 is 0. The van der Waals surface area contributed by atoms with Crippen molar-refractivity contribution in [2.45, 2.75) is 31.7 Å². The molecule has 198 valence electrons. The summed E-state index contributed by atoms with van der Waals surface area (Å²) in [7, 11) is 0. The van der Waals surface area contributed by atoms with Crippen molar-refractivity contribution in [2.24, 2.45) is 4.99 Å². The molecule has 0 amide bonds. The summed E-state index contributed by atoms with van der Waals surface area (Å²) in [5.74, 6) is 0. The summed E-state index contributed by atoms with van der Waals surface area (Å²) in [4.78, 5) is 5.32. The first-order valence-electron chi connectivity index (χ1n) is 14.4. The number of nitrogens with zero attached hydrogens (tertiary/aromatic N) is 1. The summed E-state index contributed by atoms with van der Waals surface area (Å²) in [6, 6.07) is 45.7. The van der Waals surface area contributed by atoms with Crippen LogP contribution in [-0.2, 0) is 5.41 Å². The van der Waals surface area contributed by atoms with Crippen molar-refractivity contribution in [3.8, 4) is 22.3 Å². The number of allylic oxidation sites excluding steroid dienone is 2. The number of aliphatic imine (C=N–C) groups is 1. The number of hydrogen-bond acceptors (Lipinski definition) is 1. The number of hydrogen-bond donors (Lipinski definition) is 0. The van der Waals surface area contributed by atoms with Gasteiger partial charge in [-0.15, -0.1) is 0 Å². The number of benzene rings is 5. The average Bonchev–Trinajstić information content (AvgIpc) is 3.13. The predicted molar refractivity (Wildman–Crippen MR) is 173 cm³/mol. The molecular weight excluding hydrogens is 494 g/mol. The van der Waals surface area contributed by atoms with Gasteiger partial charge in [0, 0.05) is 5.41 Å². The van der Waals surface area contributed by atoms with Gasteiger partial charge >= 0.3 is 0 Å². The molecule has 0 spiro atoms. The second kappa shape index (κ2) is 10.0. The largest absolute Gasteiger partial charge is 0.272 e. The summed E-state index contributed by atoms with van der Waals surface area (Å²) in [5.41, 5.74) is 14.9. The molecule has 0 aromatic heterocycles. The van der Waals surface area contributed by atoms with Crippen LogP contribution in [0.3, 0.4) is 0 Å². The molecule has 0 saturated heterocycles. The summed E-state index contributed by atoms with van der Waals surface area (Å²) >= 11 is 0. The standard InChI is InChI=1S/C40H33N/c1-27-25-32(28-13-6-4-7-14-28)26-37(41-39(27)31-15-8-5-9-16-31)30-23-21-29(22-24-30)33-18-12-20-36-38(33)34-17-10-11-19-35(34)40(36,2)3/h4-24,26,39H,1,25H2,2-3H3. The summed E-state index contributed by atoms with van der Waals surface area (Å²) in [6.07, 6.45) is 3.05. The fourth-order valence-electron chi connectivity index (χ4n) is 6.58. The second-order valence-electron chi connectivity index (χ2n) is 11.7. The summed E-state index contributed by atoms with van der Waals surface area (Å²) in [6.45, 7) is 9.18. The number of rotatable bonds is 4. The normalized spacial score (nSPS) is 17.2. The first kappa shape index (κ1) is 25.2. The van der Waals surface area contributed by atoms with Crippen molar-refractivity contribution in [3.63, 3.8) is 0 Å². The van der Waals surface area contributed by atoms with E-state index in [0.29, 0.717) is 0 Å². The zero-order valence-corrected chi connectivity index (χ0v) is 23.6. The van der Waals surface area contributed by atoms with Crippen molar-refractivity contribution in [2.75, 3.05) is 0 Å². The van der Waals surface area contributed by atoms with Gasteiger partial charge in [-0.1, -0.05) is 148 Å². The minimum absolute atomic E-state index is 0.00949. The van der Waals surface area contributed by atoms with Crippen LogP contribution in [0.1, 0.15) is 54.1 Å². The molecule has 7 rings (SSSR count). The van der Waals surface area contributed by atoms with Crippen LogP contribution in [0.2, 0.25) is 0 Å². The maximum atomic E-state index is 5.32. The van der Waals surface area contributed by atoms with Gasteiger partial charge in [-0.3, -0.25) is 4.99 Å². The van der Waals surface area contributed by atoms with E-state index in [1.54, 1.807) is 0 Å². The van der Waals surface area contributed by atoms with Crippen molar-refractivity contribution in [1.29, 1.82) is 0 Å². The maximum Gasteiger partial charge on any atom is 0.0967 e. The Kier molecular flexibility index (Phi) is 6.16. The van der Waals surface area contributed by atoms with Crippen molar-refractivity contribution in [1.82, 2.24) is 0 Å². The van der Waals surface area contributed by atoms with E-state index in [4.69, 9.17) is 4.99 Å². The molecule has 0 N–H and O–H groups in total. The first-order valence-corrected chi connectivity index (χ1v) is 14.4. The Morgan fingerprint density at radius 3 is 1.98 bits per heavy atom. The Bertz CT molecular complexity index is 1820. The molecule has 1 aliphatic heterocycles. The van der Waals surface area contributed by atoms with E-state index in [1.165, 1.54) is 50.1 Å². The van der Waals surface area contributed by atoms with Crippen LogP contribution in [0.4, 0.5) is 0 Å². The highest BCUT2D eigenvalue weighted by Crippen LogP contribution is 2.51. The van der Waals surface area contributed by atoms with Crippen molar-refractivity contribution >= 4 is 11.3 Å². The highest BCUT2D eigenvalue weighted by atomic mass is 14.8. The van der Waals surface area contributed by atoms with Crippen LogP contribution < -0.4 is 0 Å². The fraction of sp³-hybridized carbons (Fsp3) is 0.125. The van der Waals surface area contributed by atoms with E-state index in [0.717, 1.165) is 23.3 Å².